The third-order valence-corrected chi connectivity index (χ3v) is 4.62. The number of carbonyl (C=O) groups is 2. The maximum Gasteiger partial charge on any atom is 0.273 e. The zero-order chi connectivity index (χ0) is 18.3. The van der Waals surface area contributed by atoms with E-state index < -0.39 is 5.91 Å². The van der Waals surface area contributed by atoms with Crippen LogP contribution in [0.1, 0.15) is 37.5 Å². The van der Waals surface area contributed by atoms with E-state index in [-0.39, 0.29) is 11.6 Å². The Morgan fingerprint density at radius 3 is 2.77 bits per heavy atom. The predicted molar refractivity (Wildman–Crippen MR) is 96.3 cm³/mol. The minimum Gasteiger partial charge on any atom is -0.364 e. The van der Waals surface area contributed by atoms with Crippen molar-refractivity contribution in [3.05, 3.63) is 70.7 Å². The van der Waals surface area contributed by atoms with Gasteiger partial charge in [-0.3, -0.25) is 14.6 Å². The van der Waals surface area contributed by atoms with E-state index in [2.05, 4.69) is 15.5 Å². The molecule has 130 valence electrons. The standard InChI is InChI=1S/C19H17N5O2/c1-11-8-9-21-10-15(11)19(26)23-24-17-13-5-3-2-4-12(13)6-7-14(17)16(22-24)18(20)25/h2-5,8-10H,6-7H2,1H3,(H2,20,25)(H,23,26). The first-order valence-electron chi connectivity index (χ1n) is 8.28. The highest BCUT2D eigenvalue weighted by Gasteiger charge is 2.28. The Kier molecular flexibility index (Phi) is 3.76. The number of nitrogens with zero attached hydrogens (tertiary/aromatic N) is 3. The van der Waals surface area contributed by atoms with Gasteiger partial charge >= 0.3 is 0 Å². The molecule has 3 aromatic rings. The molecule has 0 bridgehead atoms. The van der Waals surface area contributed by atoms with Crippen LogP contribution in [0.2, 0.25) is 0 Å². The summed E-state index contributed by atoms with van der Waals surface area (Å²) < 4.78 is 0. The normalized spacial score (nSPS) is 12.2. The molecule has 2 aromatic heterocycles. The molecule has 0 atom stereocenters. The van der Waals surface area contributed by atoms with Crippen LogP contribution in [-0.4, -0.2) is 26.7 Å². The molecule has 1 aliphatic carbocycles. The number of nitrogens with two attached hydrogens (primary N) is 1. The number of carbonyl (C=O) groups excluding carboxylic acids is 2. The highest BCUT2D eigenvalue weighted by molar-refractivity contribution is 6.01. The summed E-state index contributed by atoms with van der Waals surface area (Å²) in [5.41, 5.74) is 13.3. The summed E-state index contributed by atoms with van der Waals surface area (Å²) in [6.07, 6.45) is 4.57. The van der Waals surface area contributed by atoms with Crippen LogP contribution in [0.15, 0.2) is 42.7 Å². The molecule has 0 saturated carbocycles. The molecule has 3 N–H and O–H groups in total. The van der Waals surface area contributed by atoms with E-state index in [0.717, 1.165) is 28.7 Å². The first-order valence-corrected chi connectivity index (χ1v) is 8.28. The summed E-state index contributed by atoms with van der Waals surface area (Å²) in [7, 11) is 0. The molecule has 0 fully saturated rings. The molecule has 4 rings (SSSR count). The van der Waals surface area contributed by atoms with Crippen molar-refractivity contribution in [2.45, 2.75) is 19.8 Å². The fourth-order valence-corrected chi connectivity index (χ4v) is 3.33. The number of pyridine rings is 1. The van der Waals surface area contributed by atoms with Crippen molar-refractivity contribution in [3.8, 4) is 11.3 Å². The highest BCUT2D eigenvalue weighted by atomic mass is 16.2. The summed E-state index contributed by atoms with van der Waals surface area (Å²) in [6.45, 7) is 1.83. The Balaban J connectivity index is 1.82. The van der Waals surface area contributed by atoms with Gasteiger partial charge in [0.05, 0.1) is 11.3 Å². The van der Waals surface area contributed by atoms with Crippen LogP contribution in [0.5, 0.6) is 0 Å². The number of amides is 2. The molecule has 1 aliphatic rings. The van der Waals surface area contributed by atoms with Crippen molar-refractivity contribution in [3.63, 3.8) is 0 Å². The molecule has 0 saturated heterocycles. The number of aryl methyl sites for hydroxylation is 2. The molecule has 1 aromatic carbocycles. The second kappa shape index (κ2) is 6.11. The van der Waals surface area contributed by atoms with Gasteiger partial charge in [-0.15, -0.1) is 5.10 Å². The second-order valence-corrected chi connectivity index (χ2v) is 6.24. The predicted octanol–water partition coefficient (Wildman–Crippen LogP) is 1.83. The quantitative estimate of drug-likeness (QED) is 0.754. The van der Waals surface area contributed by atoms with Gasteiger partial charge < -0.3 is 5.73 Å². The van der Waals surface area contributed by atoms with Crippen LogP contribution >= 0.6 is 0 Å². The van der Waals surface area contributed by atoms with Crippen molar-refractivity contribution < 1.29 is 9.59 Å². The van der Waals surface area contributed by atoms with Crippen LogP contribution in [-0.2, 0) is 12.8 Å². The summed E-state index contributed by atoms with van der Waals surface area (Å²) >= 11 is 0. The zero-order valence-corrected chi connectivity index (χ0v) is 14.2. The summed E-state index contributed by atoms with van der Waals surface area (Å²) in [5.74, 6) is -0.953. The maximum absolute atomic E-state index is 12.7. The number of nitrogens with one attached hydrogen (secondary N) is 1. The van der Waals surface area contributed by atoms with E-state index in [0.29, 0.717) is 17.7 Å². The van der Waals surface area contributed by atoms with Crippen molar-refractivity contribution in [2.24, 2.45) is 5.73 Å². The average Bonchev–Trinajstić information content (AvgIpc) is 3.01. The molecule has 0 spiro atoms. The topological polar surface area (TPSA) is 103 Å². The van der Waals surface area contributed by atoms with Gasteiger partial charge in [0.15, 0.2) is 5.69 Å². The van der Waals surface area contributed by atoms with Crippen molar-refractivity contribution in [2.75, 3.05) is 5.43 Å². The van der Waals surface area contributed by atoms with E-state index in [9.17, 15) is 9.59 Å². The smallest absolute Gasteiger partial charge is 0.273 e. The van der Waals surface area contributed by atoms with Crippen molar-refractivity contribution in [1.29, 1.82) is 0 Å². The van der Waals surface area contributed by atoms with Crippen LogP contribution in [0.4, 0.5) is 0 Å². The zero-order valence-electron chi connectivity index (χ0n) is 14.2. The molecular weight excluding hydrogens is 330 g/mol. The lowest BCUT2D eigenvalue weighted by atomic mass is 9.89. The van der Waals surface area contributed by atoms with Crippen molar-refractivity contribution in [1.82, 2.24) is 14.9 Å². The number of benzene rings is 1. The fraction of sp³-hybridized carbons (Fsp3) is 0.158. The Morgan fingerprint density at radius 1 is 1.19 bits per heavy atom. The maximum atomic E-state index is 12.7. The molecule has 7 heteroatoms. The molecule has 2 amide bonds. The first kappa shape index (κ1) is 16.0. The largest absolute Gasteiger partial charge is 0.364 e. The van der Waals surface area contributed by atoms with Gasteiger partial charge in [0.25, 0.3) is 11.8 Å². The van der Waals surface area contributed by atoms with Crippen LogP contribution < -0.4 is 11.2 Å². The Labute approximate surface area is 149 Å². The van der Waals surface area contributed by atoms with Crippen molar-refractivity contribution >= 4 is 11.8 Å². The van der Waals surface area contributed by atoms with E-state index in [1.54, 1.807) is 12.3 Å². The second-order valence-electron chi connectivity index (χ2n) is 6.24. The molecule has 0 unspecified atom stereocenters. The third kappa shape index (κ3) is 2.54. The monoisotopic (exact) mass is 347 g/mol. The molecule has 0 radical (unpaired) electrons. The van der Waals surface area contributed by atoms with E-state index in [1.807, 2.05) is 31.2 Å². The van der Waals surface area contributed by atoms with E-state index in [4.69, 9.17) is 5.73 Å². The Morgan fingerprint density at radius 2 is 2.00 bits per heavy atom. The molecule has 0 aliphatic heterocycles. The van der Waals surface area contributed by atoms with Gasteiger partial charge in [0, 0.05) is 23.5 Å². The minimum atomic E-state index is -0.605. The SMILES string of the molecule is Cc1ccncc1C(=O)Nn1nc(C(N)=O)c2c1-c1ccccc1CC2. The number of primary amides is 1. The number of hydrogen-bond donors (Lipinski definition) is 2. The number of rotatable bonds is 3. The summed E-state index contributed by atoms with van der Waals surface area (Å²) in [6, 6.07) is 9.64. The molecule has 7 nitrogen and oxygen atoms in total. The Bertz CT molecular complexity index is 1040. The lowest BCUT2D eigenvalue weighted by Gasteiger charge is -2.18. The van der Waals surface area contributed by atoms with Gasteiger partial charge in [0.2, 0.25) is 0 Å². The van der Waals surface area contributed by atoms with Crippen LogP contribution in [0, 0.1) is 6.92 Å². The lowest BCUT2D eigenvalue weighted by molar-refractivity contribution is 0.0983. The van der Waals surface area contributed by atoms with E-state index in [1.165, 1.54) is 11.0 Å². The Hall–Kier alpha value is -3.48. The third-order valence-electron chi connectivity index (χ3n) is 4.62. The van der Waals surface area contributed by atoms with E-state index >= 15 is 0 Å². The van der Waals surface area contributed by atoms with Gasteiger partial charge in [-0.05, 0) is 37.0 Å². The summed E-state index contributed by atoms with van der Waals surface area (Å²) in [5, 5.41) is 4.28. The van der Waals surface area contributed by atoms with Crippen LogP contribution in [0.3, 0.4) is 0 Å². The van der Waals surface area contributed by atoms with Crippen LogP contribution in [0.25, 0.3) is 11.3 Å². The minimum absolute atomic E-state index is 0.192. The molecule has 26 heavy (non-hydrogen) atoms. The number of fused-ring (bicyclic) bond motifs is 3. The fourth-order valence-electron chi connectivity index (χ4n) is 3.33. The first-order chi connectivity index (χ1) is 12.6. The average molecular weight is 347 g/mol. The molecule has 2 heterocycles. The van der Waals surface area contributed by atoms with Gasteiger partial charge in [-0.2, -0.15) is 4.79 Å². The summed E-state index contributed by atoms with van der Waals surface area (Å²) in [4.78, 5) is 29.9. The van der Waals surface area contributed by atoms with Gasteiger partial charge in [-0.1, -0.05) is 24.3 Å². The number of hydrogen-bond acceptors (Lipinski definition) is 4. The highest BCUT2D eigenvalue weighted by Crippen LogP contribution is 2.34. The van der Waals surface area contributed by atoms with Gasteiger partial charge in [-0.25, -0.2) is 5.43 Å². The van der Waals surface area contributed by atoms with Gasteiger partial charge in [0.1, 0.15) is 0 Å². The lowest BCUT2D eigenvalue weighted by Crippen LogP contribution is -2.26. The number of aromatic nitrogens is 3. The molecular formula is C19H17N5O2.